The van der Waals surface area contributed by atoms with Crippen LogP contribution >= 0.6 is 0 Å². The Morgan fingerprint density at radius 3 is 2.28 bits per heavy atom. The first-order chi connectivity index (χ1) is 17.8. The molecule has 7 aromatic rings. The van der Waals surface area contributed by atoms with Gasteiger partial charge in [-0.05, 0) is 36.4 Å². The maximum Gasteiger partial charge on any atom is 0.191 e. The quantitative estimate of drug-likeness (QED) is 0.330. The van der Waals surface area contributed by atoms with E-state index < -0.39 is 0 Å². The number of benzene rings is 4. The summed E-state index contributed by atoms with van der Waals surface area (Å²) in [6.07, 6.45) is 1.85. The van der Waals surface area contributed by atoms with Gasteiger partial charge in [-0.25, -0.2) is 9.97 Å². The number of nitrogens with zero attached hydrogens (tertiary/aromatic N) is 4. The fourth-order valence-electron chi connectivity index (χ4n) is 5.17. The van der Waals surface area contributed by atoms with Gasteiger partial charge in [0.1, 0.15) is 11.6 Å². The minimum absolute atomic E-state index is 0.921. The molecule has 3 aromatic heterocycles. The van der Waals surface area contributed by atoms with Crippen LogP contribution in [0.15, 0.2) is 115 Å². The zero-order valence-electron chi connectivity index (χ0n) is 19.8. The molecule has 0 aliphatic rings. The lowest BCUT2D eigenvalue weighted by Crippen LogP contribution is -2.27. The molecule has 0 aliphatic heterocycles. The normalized spacial score (nSPS) is 11.5. The van der Waals surface area contributed by atoms with Crippen molar-refractivity contribution in [3.8, 4) is 17.2 Å². The van der Waals surface area contributed by atoms with Crippen molar-refractivity contribution in [1.29, 1.82) is 0 Å². The van der Waals surface area contributed by atoms with Crippen molar-refractivity contribution in [1.82, 2.24) is 19.1 Å². The fourth-order valence-corrected chi connectivity index (χ4v) is 5.17. The number of hydrogen-bond acceptors (Lipinski definition) is 2. The molecule has 169 valence electrons. The predicted octanol–water partition coefficient (Wildman–Crippen LogP) is 5.39. The highest BCUT2D eigenvalue weighted by atomic mass is 15.1. The van der Waals surface area contributed by atoms with Crippen molar-refractivity contribution in [2.45, 2.75) is 0 Å². The van der Waals surface area contributed by atoms with Crippen LogP contribution in [0.5, 0.6) is 0 Å². The molecule has 0 saturated carbocycles. The average Bonchev–Trinajstić information content (AvgIpc) is 3.44. The van der Waals surface area contributed by atoms with Crippen molar-refractivity contribution in [2.24, 2.45) is 7.05 Å². The third-order valence-corrected chi connectivity index (χ3v) is 6.84. The molecule has 4 nitrogen and oxygen atoms in total. The summed E-state index contributed by atoms with van der Waals surface area (Å²) in [5.74, 6) is 1.89. The minimum Gasteiger partial charge on any atom is -0.327 e. The van der Waals surface area contributed by atoms with E-state index >= 15 is 0 Å². The lowest BCUT2D eigenvalue weighted by atomic mass is 9.63. The Hall–Kier alpha value is -4.64. The molecule has 0 aliphatic carbocycles. The van der Waals surface area contributed by atoms with Crippen LogP contribution in [0.1, 0.15) is 0 Å². The van der Waals surface area contributed by atoms with E-state index in [0.29, 0.717) is 0 Å². The van der Waals surface area contributed by atoms with E-state index in [1.165, 1.54) is 10.8 Å². The Labute approximate surface area is 209 Å². The summed E-state index contributed by atoms with van der Waals surface area (Å²) in [5, 5.41) is 2.45. The summed E-state index contributed by atoms with van der Waals surface area (Å²) in [4.78, 5) is 9.53. The van der Waals surface area contributed by atoms with E-state index in [1.54, 1.807) is 0 Å². The van der Waals surface area contributed by atoms with Crippen molar-refractivity contribution >= 4 is 51.0 Å². The van der Waals surface area contributed by atoms with Crippen molar-refractivity contribution < 1.29 is 0 Å². The van der Waals surface area contributed by atoms with Crippen LogP contribution < -0.4 is 10.9 Å². The van der Waals surface area contributed by atoms with E-state index in [1.807, 2.05) is 24.4 Å². The Morgan fingerprint density at radius 1 is 0.639 bits per heavy atom. The standard InChI is InChI=1S/C31H22BN4/c1-35-28-14-5-3-12-26(28)34-31(35)21-9-8-10-22(19-21)32-23-16-17-25-24-11-2-4-13-27(24)36(29(25)20-23)30-15-6-7-18-33-30/h2-20H,1H3. The second-order valence-electron chi connectivity index (χ2n) is 9.07. The van der Waals surface area contributed by atoms with E-state index in [4.69, 9.17) is 4.98 Å². The van der Waals surface area contributed by atoms with Gasteiger partial charge in [-0.1, -0.05) is 83.7 Å². The maximum atomic E-state index is 4.88. The van der Waals surface area contributed by atoms with Gasteiger partial charge >= 0.3 is 0 Å². The molecule has 0 bridgehead atoms. The molecule has 0 saturated heterocycles. The number of para-hydroxylation sites is 3. The van der Waals surface area contributed by atoms with E-state index in [9.17, 15) is 0 Å². The molecule has 5 heteroatoms. The zero-order valence-corrected chi connectivity index (χ0v) is 19.8. The summed E-state index contributed by atoms with van der Waals surface area (Å²) in [6, 6.07) is 38.1. The molecule has 3 heterocycles. The van der Waals surface area contributed by atoms with Crippen molar-refractivity contribution in [3.63, 3.8) is 0 Å². The highest BCUT2D eigenvalue weighted by Gasteiger charge is 2.14. The van der Waals surface area contributed by atoms with E-state index in [0.717, 1.165) is 50.2 Å². The van der Waals surface area contributed by atoms with Crippen LogP contribution in [0.3, 0.4) is 0 Å². The van der Waals surface area contributed by atoms with Crippen LogP contribution in [0.25, 0.3) is 50.0 Å². The van der Waals surface area contributed by atoms with Crippen LogP contribution in [0.2, 0.25) is 0 Å². The smallest absolute Gasteiger partial charge is 0.191 e. The third kappa shape index (κ3) is 3.32. The van der Waals surface area contributed by atoms with Gasteiger partial charge in [0.25, 0.3) is 0 Å². The third-order valence-electron chi connectivity index (χ3n) is 6.84. The molecular weight excluding hydrogens is 439 g/mol. The van der Waals surface area contributed by atoms with Gasteiger partial charge in [0.15, 0.2) is 7.28 Å². The van der Waals surface area contributed by atoms with Crippen molar-refractivity contribution in [3.05, 3.63) is 115 Å². The Bertz CT molecular complexity index is 1880. The van der Waals surface area contributed by atoms with Crippen LogP contribution in [-0.2, 0) is 7.05 Å². The number of imidazole rings is 1. The first-order valence-electron chi connectivity index (χ1n) is 12.1. The Kier molecular flexibility index (Phi) is 4.74. The lowest BCUT2D eigenvalue weighted by Gasteiger charge is -2.08. The van der Waals surface area contributed by atoms with Gasteiger partial charge in [0.05, 0.1) is 22.1 Å². The summed E-state index contributed by atoms with van der Waals surface area (Å²) in [6.45, 7) is 0. The predicted molar refractivity (Wildman–Crippen MR) is 150 cm³/mol. The second-order valence-corrected chi connectivity index (χ2v) is 9.07. The maximum absolute atomic E-state index is 4.88. The highest BCUT2D eigenvalue weighted by Crippen LogP contribution is 2.30. The number of aryl methyl sites for hydroxylation is 1. The molecule has 0 amide bonds. The Morgan fingerprint density at radius 2 is 1.42 bits per heavy atom. The molecule has 0 spiro atoms. The van der Waals surface area contributed by atoms with Gasteiger partial charge < -0.3 is 4.57 Å². The first kappa shape index (κ1) is 20.7. The summed E-state index contributed by atoms with van der Waals surface area (Å²) < 4.78 is 4.41. The lowest BCUT2D eigenvalue weighted by molar-refractivity contribution is 0.959. The molecule has 0 unspecified atom stereocenters. The minimum atomic E-state index is 0.921. The number of rotatable bonds is 4. The van der Waals surface area contributed by atoms with Crippen LogP contribution in [-0.4, -0.2) is 26.4 Å². The van der Waals surface area contributed by atoms with Crippen molar-refractivity contribution in [2.75, 3.05) is 0 Å². The molecule has 0 N–H and O–H groups in total. The highest BCUT2D eigenvalue weighted by molar-refractivity contribution is 6.67. The number of fused-ring (bicyclic) bond motifs is 4. The van der Waals surface area contributed by atoms with E-state index in [2.05, 4.69) is 119 Å². The average molecular weight is 461 g/mol. The molecule has 7 rings (SSSR count). The Balaban J connectivity index is 1.32. The van der Waals surface area contributed by atoms with Gasteiger partial charge in [-0.15, -0.1) is 0 Å². The molecule has 0 atom stereocenters. The molecule has 0 fully saturated rings. The van der Waals surface area contributed by atoms with Gasteiger partial charge in [0.2, 0.25) is 0 Å². The molecule has 4 aromatic carbocycles. The van der Waals surface area contributed by atoms with Crippen LogP contribution in [0.4, 0.5) is 0 Å². The topological polar surface area (TPSA) is 35.6 Å². The van der Waals surface area contributed by atoms with Gasteiger partial charge in [-0.3, -0.25) is 4.57 Å². The number of aromatic nitrogens is 4. The summed E-state index contributed by atoms with van der Waals surface area (Å²) in [5.41, 5.74) is 7.84. The largest absolute Gasteiger partial charge is 0.327 e. The van der Waals surface area contributed by atoms with Gasteiger partial charge in [-0.2, -0.15) is 0 Å². The number of hydrogen-bond donors (Lipinski definition) is 0. The fraction of sp³-hybridized carbons (Fsp3) is 0.0323. The zero-order chi connectivity index (χ0) is 24.1. The summed E-state index contributed by atoms with van der Waals surface area (Å²) in [7, 11) is 4.30. The summed E-state index contributed by atoms with van der Waals surface area (Å²) >= 11 is 0. The monoisotopic (exact) mass is 461 g/mol. The van der Waals surface area contributed by atoms with Crippen LogP contribution in [0, 0.1) is 0 Å². The molecule has 1 radical (unpaired) electrons. The SMILES string of the molecule is Cn1c(-c2cccc([B]c3ccc4c5ccccc5n(-c5ccccn5)c4c3)c2)nc2ccccc21. The number of pyridine rings is 1. The van der Waals surface area contributed by atoms with Gasteiger partial charge in [0, 0.05) is 29.6 Å². The first-order valence-corrected chi connectivity index (χ1v) is 12.1. The molecule has 36 heavy (non-hydrogen) atoms. The molecular formula is C31H22BN4. The van der Waals surface area contributed by atoms with E-state index in [-0.39, 0.29) is 0 Å². The second kappa shape index (κ2) is 8.24.